The Labute approximate surface area is 382 Å². The summed E-state index contributed by atoms with van der Waals surface area (Å²) in [6.45, 7) is 12.1. The summed E-state index contributed by atoms with van der Waals surface area (Å²) in [5.41, 5.74) is 5.34. The first kappa shape index (κ1) is 49.0. The van der Waals surface area contributed by atoms with Gasteiger partial charge in [0.2, 0.25) is 5.69 Å². The van der Waals surface area contributed by atoms with Gasteiger partial charge in [0.1, 0.15) is 6.54 Å². The smallest absolute Gasteiger partial charge is 0.333 e. The summed E-state index contributed by atoms with van der Waals surface area (Å²) in [5, 5.41) is 23.0. The van der Waals surface area contributed by atoms with E-state index in [2.05, 4.69) is 54.5 Å². The van der Waals surface area contributed by atoms with Crippen LogP contribution in [0.1, 0.15) is 88.5 Å². The van der Waals surface area contributed by atoms with Crippen molar-refractivity contribution in [1.82, 2.24) is 5.06 Å². The van der Waals surface area contributed by atoms with Crippen molar-refractivity contribution in [3.8, 4) is 0 Å². The van der Waals surface area contributed by atoms with Crippen LogP contribution in [0.5, 0.6) is 0 Å². The first-order chi connectivity index (χ1) is 31.2. The number of nitro groups is 2. The lowest BCUT2D eigenvalue weighted by Gasteiger charge is -2.27. The van der Waals surface area contributed by atoms with Gasteiger partial charge in [-0.3, -0.25) is 34.4 Å². The molecule has 1 fully saturated rings. The van der Waals surface area contributed by atoms with E-state index in [0.717, 1.165) is 40.0 Å². The van der Waals surface area contributed by atoms with Gasteiger partial charge in [0.05, 0.1) is 52.7 Å². The third-order valence-corrected chi connectivity index (χ3v) is 12.7. The fraction of sp³-hybridized carbons (Fsp3) is 0.404. The van der Waals surface area contributed by atoms with Gasteiger partial charge in [0.15, 0.2) is 5.71 Å². The third-order valence-electron chi connectivity index (χ3n) is 11.9. The molecule has 0 atom stereocenters. The van der Waals surface area contributed by atoms with Crippen LogP contribution in [-0.4, -0.2) is 88.9 Å². The summed E-state index contributed by atoms with van der Waals surface area (Å²) < 4.78 is 47.8. The Bertz CT molecular complexity index is 2620. The minimum absolute atomic E-state index is 0.0194. The highest BCUT2D eigenvalue weighted by molar-refractivity contribution is 7.85. The van der Waals surface area contributed by atoms with Crippen LogP contribution in [0.25, 0.3) is 0 Å². The molecule has 0 unspecified atom stereocenters. The highest BCUT2D eigenvalue weighted by Crippen LogP contribution is 2.48. The van der Waals surface area contributed by atoms with Crippen molar-refractivity contribution in [3.63, 3.8) is 0 Å². The van der Waals surface area contributed by atoms with Crippen LogP contribution in [0, 0.1) is 27.2 Å². The van der Waals surface area contributed by atoms with Crippen molar-refractivity contribution in [2.24, 2.45) is 0 Å². The number of ether oxygens (including phenoxy) is 2. The number of hydroxylamine groups is 2. The molecule has 350 valence electrons. The Balaban J connectivity index is 1.12. The van der Waals surface area contributed by atoms with Crippen LogP contribution >= 0.6 is 0 Å². The number of rotatable bonds is 21. The zero-order chi connectivity index (χ0) is 48.0. The summed E-state index contributed by atoms with van der Waals surface area (Å²) in [5.74, 6) is -1.72. The van der Waals surface area contributed by atoms with Crippen LogP contribution in [-0.2, 0) is 56.2 Å². The van der Waals surface area contributed by atoms with E-state index in [1.165, 1.54) is 29.8 Å². The minimum atomic E-state index is -4.46. The largest absolute Gasteiger partial charge is 0.377 e. The molecule has 1 saturated heterocycles. The van der Waals surface area contributed by atoms with Crippen molar-refractivity contribution >= 4 is 56.4 Å². The number of carbonyl (C=O) groups is 3. The molecule has 2 amide bonds. The molecular weight excluding hydrogens is 875 g/mol. The van der Waals surface area contributed by atoms with Gasteiger partial charge in [-0.15, -0.1) is 5.06 Å². The normalized spacial score (nSPS) is 17.2. The number of benzene rings is 3. The van der Waals surface area contributed by atoms with Gasteiger partial charge in [-0.05, 0) is 69.0 Å². The number of hydrogen-bond acceptors (Lipinski definition) is 13. The molecule has 3 aliphatic rings. The molecule has 19 heteroatoms. The number of amides is 2. The summed E-state index contributed by atoms with van der Waals surface area (Å²) in [7, 11) is -4.46. The number of allylic oxidation sites excluding steroid dienone is 6. The van der Waals surface area contributed by atoms with E-state index in [1.54, 1.807) is 6.07 Å². The van der Waals surface area contributed by atoms with Crippen LogP contribution in [0.4, 0.5) is 22.7 Å². The maximum atomic E-state index is 12.4. The van der Waals surface area contributed by atoms with Gasteiger partial charge in [-0.2, -0.15) is 13.0 Å². The average molecular weight is 929 g/mol. The second-order valence-corrected chi connectivity index (χ2v) is 18.7. The van der Waals surface area contributed by atoms with Crippen molar-refractivity contribution < 1.29 is 56.1 Å². The lowest BCUT2D eigenvalue weighted by molar-refractivity contribution is -0.438. The molecule has 0 radical (unpaired) electrons. The van der Waals surface area contributed by atoms with Crippen molar-refractivity contribution in [3.05, 3.63) is 133 Å². The lowest BCUT2D eigenvalue weighted by atomic mass is 9.81. The van der Waals surface area contributed by atoms with E-state index in [4.69, 9.17) is 14.3 Å². The predicted octanol–water partition coefficient (Wildman–Crippen LogP) is 7.63. The Morgan fingerprint density at radius 3 is 2.18 bits per heavy atom. The zero-order valence-corrected chi connectivity index (χ0v) is 38.4. The molecule has 66 heavy (non-hydrogen) atoms. The van der Waals surface area contributed by atoms with Gasteiger partial charge in [0.25, 0.3) is 33.3 Å². The van der Waals surface area contributed by atoms with Gasteiger partial charge in [-0.1, -0.05) is 49.8 Å². The summed E-state index contributed by atoms with van der Waals surface area (Å²) in [6, 6.07) is 14.3. The summed E-state index contributed by atoms with van der Waals surface area (Å²) >= 11 is 0. The summed E-state index contributed by atoms with van der Waals surface area (Å²) in [4.78, 5) is 64.1. The van der Waals surface area contributed by atoms with Crippen LogP contribution in [0.2, 0.25) is 0 Å². The molecule has 3 heterocycles. The third kappa shape index (κ3) is 11.2. The van der Waals surface area contributed by atoms with E-state index in [-0.39, 0.29) is 60.8 Å². The van der Waals surface area contributed by atoms with E-state index < -0.39 is 43.2 Å². The molecule has 18 nitrogen and oxygen atoms in total. The number of nitrogens with zero attached hydrogens (tertiary/aromatic N) is 5. The number of fused-ring (bicyclic) bond motifs is 2. The number of anilines is 1. The topological polar surface area (TPSA) is 229 Å². The van der Waals surface area contributed by atoms with Gasteiger partial charge < -0.3 is 19.2 Å². The quantitative estimate of drug-likeness (QED) is 0.0206. The van der Waals surface area contributed by atoms with Crippen molar-refractivity contribution in [1.29, 1.82) is 0 Å². The molecule has 0 aromatic heterocycles. The second kappa shape index (κ2) is 20.4. The average Bonchev–Trinajstić information content (AvgIpc) is 3.76. The lowest BCUT2D eigenvalue weighted by Crippen LogP contribution is -2.31. The monoisotopic (exact) mass is 928 g/mol. The van der Waals surface area contributed by atoms with Gasteiger partial charge >= 0.3 is 5.97 Å². The number of unbranched alkanes of at least 4 members (excludes halogenated alkanes) is 2. The molecule has 3 aliphatic heterocycles. The second-order valence-electron chi connectivity index (χ2n) is 17.3. The van der Waals surface area contributed by atoms with E-state index in [1.807, 2.05) is 38.2 Å². The van der Waals surface area contributed by atoms with Crippen LogP contribution in [0.15, 0.2) is 95.6 Å². The Morgan fingerprint density at radius 2 is 1.52 bits per heavy atom. The highest BCUT2D eigenvalue weighted by atomic mass is 32.2. The molecule has 0 saturated carbocycles. The molecule has 1 N–H and O–H groups in total. The fourth-order valence-electron chi connectivity index (χ4n) is 8.48. The standard InChI is InChI=1S/C47H53N5O13S/c1-32-15-17-39-37(26-32)46(2,3)42(49(39)22-23-63-24-25-64-31-33-27-34(51(56)57)29-35(28-33)52(58)59)13-9-6-8-12-41-47(4,5)38-30-36(66(60,61)62)16-18-40(38)48(41)21-11-7-10-14-45(55)65-50-43(53)19-20-44(50)54/h6,8-9,12-13,15-18,26-30H,7,10-11,14,19-25,31H2,1-5H3/p+1. The maximum absolute atomic E-state index is 12.4. The predicted molar refractivity (Wildman–Crippen MR) is 243 cm³/mol. The first-order valence-electron chi connectivity index (χ1n) is 21.6. The molecule has 3 aromatic carbocycles. The Morgan fingerprint density at radius 1 is 0.833 bits per heavy atom. The molecule has 3 aromatic rings. The van der Waals surface area contributed by atoms with Crippen LogP contribution in [0.3, 0.4) is 0 Å². The summed E-state index contributed by atoms with van der Waals surface area (Å²) in [6.07, 6.45) is 11.7. The number of carbonyl (C=O) groups excluding carboxylic acids is 3. The van der Waals surface area contributed by atoms with Crippen molar-refractivity contribution in [2.75, 3.05) is 37.8 Å². The van der Waals surface area contributed by atoms with E-state index in [0.29, 0.717) is 49.6 Å². The number of imide groups is 1. The zero-order valence-electron chi connectivity index (χ0n) is 37.6. The first-order valence-corrected chi connectivity index (χ1v) is 23.0. The number of hydrogen-bond donors (Lipinski definition) is 1. The molecular formula is C47H54N5O13S+. The number of aryl methyl sites for hydroxylation is 1. The molecule has 6 rings (SSSR count). The molecule has 0 aliphatic carbocycles. The maximum Gasteiger partial charge on any atom is 0.333 e. The highest BCUT2D eigenvalue weighted by Gasteiger charge is 2.45. The minimum Gasteiger partial charge on any atom is -0.377 e. The number of nitro benzene ring substituents is 2. The van der Waals surface area contributed by atoms with E-state index in [9.17, 15) is 47.6 Å². The fourth-order valence-corrected chi connectivity index (χ4v) is 8.99. The molecule has 0 bridgehead atoms. The van der Waals surface area contributed by atoms with Crippen molar-refractivity contribution in [2.45, 2.75) is 95.5 Å². The van der Waals surface area contributed by atoms with Gasteiger partial charge in [-0.25, -0.2) is 4.79 Å². The Hall–Kier alpha value is -6.41. The SMILES string of the molecule is Cc1ccc2c(c1)C(C)(C)C(=CC=CC=CC1=[N+](CCCCCC(=O)ON3C(=O)CCC3=O)c3ccc(S(=O)(=O)O)cc3C1(C)C)N2CCOCCOCc1cc([N+](=O)[O-])cc([N+](=O)[O-])c1. The van der Waals surface area contributed by atoms with Gasteiger partial charge in [0, 0.05) is 78.9 Å². The van der Waals surface area contributed by atoms with Crippen LogP contribution < -0.4 is 4.90 Å². The van der Waals surface area contributed by atoms with E-state index >= 15 is 0 Å². The Kier molecular flexibility index (Phi) is 15.2. The molecule has 0 spiro atoms. The number of non-ortho nitro benzene ring substituents is 2.